The highest BCUT2D eigenvalue weighted by molar-refractivity contribution is 9.09. The Morgan fingerprint density at radius 3 is 3.18 bits per heavy atom. The van der Waals surface area contributed by atoms with E-state index in [2.05, 4.69) is 28.2 Å². The van der Waals surface area contributed by atoms with Crippen molar-refractivity contribution in [2.75, 3.05) is 6.61 Å². The number of halogens is 1. The zero-order chi connectivity index (χ0) is 8.10. The largest absolute Gasteiger partial charge is 0.463 e. The molecule has 1 aliphatic heterocycles. The zero-order valence-corrected chi connectivity index (χ0v) is 7.84. The predicted octanol–water partition coefficient (Wildman–Crippen LogP) is 2.20. The van der Waals surface area contributed by atoms with Gasteiger partial charge in [0.05, 0.1) is 11.4 Å². The summed E-state index contributed by atoms with van der Waals surface area (Å²) in [7, 11) is 0. The van der Waals surface area contributed by atoms with Crippen molar-refractivity contribution >= 4 is 15.9 Å². The third kappa shape index (κ3) is 2.70. The Morgan fingerprint density at radius 1 is 1.73 bits per heavy atom. The molecule has 1 saturated heterocycles. The molecular formula is C8H11BrO2. The maximum absolute atomic E-state index is 5.32. The SMILES string of the molecule is C=C=CO[C@@H]1OCCC[C@H]1Br. The van der Waals surface area contributed by atoms with Gasteiger partial charge in [0, 0.05) is 0 Å². The molecule has 3 heteroatoms. The summed E-state index contributed by atoms with van der Waals surface area (Å²) in [6.07, 6.45) is 3.45. The van der Waals surface area contributed by atoms with Gasteiger partial charge in [-0.3, -0.25) is 0 Å². The van der Waals surface area contributed by atoms with Crippen LogP contribution in [0.1, 0.15) is 12.8 Å². The van der Waals surface area contributed by atoms with Crippen LogP contribution in [0.15, 0.2) is 18.6 Å². The van der Waals surface area contributed by atoms with E-state index in [9.17, 15) is 0 Å². The lowest BCUT2D eigenvalue weighted by molar-refractivity contribution is -0.123. The van der Waals surface area contributed by atoms with Gasteiger partial charge < -0.3 is 9.47 Å². The van der Waals surface area contributed by atoms with Crippen LogP contribution < -0.4 is 0 Å². The second-order valence-corrected chi connectivity index (χ2v) is 3.53. The lowest BCUT2D eigenvalue weighted by Gasteiger charge is -2.26. The fourth-order valence-corrected chi connectivity index (χ4v) is 1.56. The monoisotopic (exact) mass is 218 g/mol. The molecule has 0 radical (unpaired) electrons. The topological polar surface area (TPSA) is 18.5 Å². The van der Waals surface area contributed by atoms with Gasteiger partial charge in [0.15, 0.2) is 0 Å². The van der Waals surface area contributed by atoms with E-state index < -0.39 is 0 Å². The Hall–Kier alpha value is -0.240. The number of rotatable bonds is 2. The van der Waals surface area contributed by atoms with Gasteiger partial charge in [-0.15, -0.1) is 0 Å². The maximum Gasteiger partial charge on any atom is 0.212 e. The molecule has 0 aromatic heterocycles. The molecule has 0 amide bonds. The first-order valence-corrected chi connectivity index (χ1v) is 4.51. The minimum atomic E-state index is -0.169. The summed E-state index contributed by atoms with van der Waals surface area (Å²) >= 11 is 3.47. The molecule has 62 valence electrons. The summed E-state index contributed by atoms with van der Waals surface area (Å²) in [6.45, 7) is 4.17. The van der Waals surface area contributed by atoms with E-state index in [1.54, 1.807) is 0 Å². The number of hydrogen-bond acceptors (Lipinski definition) is 2. The van der Waals surface area contributed by atoms with Gasteiger partial charge in [0.25, 0.3) is 0 Å². The van der Waals surface area contributed by atoms with Crippen LogP contribution in [0.3, 0.4) is 0 Å². The van der Waals surface area contributed by atoms with Crippen molar-refractivity contribution in [1.29, 1.82) is 0 Å². The van der Waals surface area contributed by atoms with Crippen molar-refractivity contribution in [1.82, 2.24) is 0 Å². The molecule has 0 aliphatic carbocycles. The normalized spacial score (nSPS) is 30.6. The van der Waals surface area contributed by atoms with Crippen molar-refractivity contribution in [3.63, 3.8) is 0 Å². The minimum Gasteiger partial charge on any atom is -0.463 e. The second-order valence-electron chi connectivity index (χ2n) is 2.36. The Bertz CT molecular complexity index is 163. The molecule has 2 nitrogen and oxygen atoms in total. The smallest absolute Gasteiger partial charge is 0.212 e. The predicted molar refractivity (Wildman–Crippen MR) is 46.5 cm³/mol. The highest BCUT2D eigenvalue weighted by atomic mass is 79.9. The van der Waals surface area contributed by atoms with Gasteiger partial charge in [-0.2, -0.15) is 0 Å². The summed E-state index contributed by atoms with van der Waals surface area (Å²) in [5.74, 6) is 0. The van der Waals surface area contributed by atoms with E-state index in [1.807, 2.05) is 0 Å². The Morgan fingerprint density at radius 2 is 2.55 bits per heavy atom. The third-order valence-electron chi connectivity index (χ3n) is 1.49. The molecule has 0 bridgehead atoms. The molecule has 11 heavy (non-hydrogen) atoms. The molecule has 1 heterocycles. The summed E-state index contributed by atoms with van der Waals surface area (Å²) in [5.41, 5.74) is 2.54. The van der Waals surface area contributed by atoms with E-state index in [0.717, 1.165) is 19.4 Å². The average Bonchev–Trinajstić information content (AvgIpc) is 2.03. The van der Waals surface area contributed by atoms with Crippen molar-refractivity contribution < 1.29 is 9.47 Å². The van der Waals surface area contributed by atoms with E-state index in [0.29, 0.717) is 4.83 Å². The first-order chi connectivity index (χ1) is 5.34. The molecule has 0 spiro atoms. The van der Waals surface area contributed by atoms with Crippen molar-refractivity contribution in [2.45, 2.75) is 24.0 Å². The molecule has 2 atom stereocenters. The molecule has 1 aliphatic rings. The standard InChI is InChI=1S/C8H11BrO2/c1-2-5-10-8-7(9)4-3-6-11-8/h5,7-8H,1,3-4,6H2/t7-,8-/m1/s1. The van der Waals surface area contributed by atoms with E-state index >= 15 is 0 Å². The Kier molecular flexibility index (Phi) is 3.70. The quantitative estimate of drug-likeness (QED) is 0.402. The van der Waals surface area contributed by atoms with E-state index in [-0.39, 0.29) is 6.29 Å². The van der Waals surface area contributed by atoms with Crippen LogP contribution in [0, 0.1) is 0 Å². The average molecular weight is 219 g/mol. The van der Waals surface area contributed by atoms with Crippen LogP contribution in [0.25, 0.3) is 0 Å². The highest BCUT2D eigenvalue weighted by Gasteiger charge is 2.23. The molecule has 0 saturated carbocycles. The minimum absolute atomic E-state index is 0.169. The fraction of sp³-hybridized carbons (Fsp3) is 0.625. The lowest BCUT2D eigenvalue weighted by Crippen LogP contribution is -2.30. The molecular weight excluding hydrogens is 208 g/mol. The third-order valence-corrected chi connectivity index (χ3v) is 2.38. The van der Waals surface area contributed by atoms with Gasteiger partial charge >= 0.3 is 0 Å². The van der Waals surface area contributed by atoms with Gasteiger partial charge in [-0.1, -0.05) is 28.2 Å². The van der Waals surface area contributed by atoms with Crippen LogP contribution in [0.5, 0.6) is 0 Å². The lowest BCUT2D eigenvalue weighted by atomic mass is 10.2. The highest BCUT2D eigenvalue weighted by Crippen LogP contribution is 2.21. The van der Waals surface area contributed by atoms with E-state index in [4.69, 9.17) is 9.47 Å². The maximum atomic E-state index is 5.32. The Labute approximate surface area is 75.0 Å². The number of hydrogen-bond donors (Lipinski definition) is 0. The molecule has 1 fully saturated rings. The van der Waals surface area contributed by atoms with Crippen molar-refractivity contribution in [2.24, 2.45) is 0 Å². The molecule has 0 N–H and O–H groups in total. The van der Waals surface area contributed by atoms with Crippen LogP contribution in [0.4, 0.5) is 0 Å². The van der Waals surface area contributed by atoms with Crippen LogP contribution in [-0.2, 0) is 9.47 Å². The van der Waals surface area contributed by atoms with Gasteiger partial charge in [-0.25, -0.2) is 0 Å². The molecule has 0 aromatic rings. The zero-order valence-electron chi connectivity index (χ0n) is 6.25. The van der Waals surface area contributed by atoms with Crippen molar-refractivity contribution in [3.8, 4) is 0 Å². The summed E-state index contributed by atoms with van der Waals surface area (Å²) < 4.78 is 10.5. The first kappa shape index (κ1) is 8.85. The first-order valence-electron chi connectivity index (χ1n) is 3.60. The van der Waals surface area contributed by atoms with Gasteiger partial charge in [-0.05, 0) is 12.8 Å². The summed E-state index contributed by atoms with van der Waals surface area (Å²) in [4.78, 5) is 0.292. The molecule has 0 aromatic carbocycles. The van der Waals surface area contributed by atoms with Crippen LogP contribution in [-0.4, -0.2) is 17.7 Å². The van der Waals surface area contributed by atoms with Gasteiger partial charge in [0.1, 0.15) is 6.26 Å². The number of alkyl halides is 1. The second kappa shape index (κ2) is 4.60. The van der Waals surface area contributed by atoms with Crippen LogP contribution >= 0.6 is 15.9 Å². The summed E-state index contributed by atoms with van der Waals surface area (Å²) in [5, 5.41) is 0. The Balaban J connectivity index is 2.35. The van der Waals surface area contributed by atoms with Crippen molar-refractivity contribution in [3.05, 3.63) is 18.6 Å². The molecule has 1 rings (SSSR count). The summed E-state index contributed by atoms with van der Waals surface area (Å²) in [6, 6.07) is 0. The van der Waals surface area contributed by atoms with E-state index in [1.165, 1.54) is 6.26 Å². The fourth-order valence-electron chi connectivity index (χ4n) is 0.958. The molecule has 0 unspecified atom stereocenters. The van der Waals surface area contributed by atoms with Crippen LogP contribution in [0.2, 0.25) is 0 Å². The number of ether oxygens (including phenoxy) is 2. The van der Waals surface area contributed by atoms with Gasteiger partial charge in [0.2, 0.25) is 6.29 Å².